The molecule has 3 aromatic carbocycles. The fraction of sp³-hybridized carbons (Fsp3) is 0.0833. The SMILES string of the molecule is COc1cc(C=C(NC(=O)c2ccccc2)C(=O)O)cc(I)c1OCc1ccccc1I. The Hall–Kier alpha value is -2.60. The summed E-state index contributed by atoms with van der Waals surface area (Å²) in [6, 6.07) is 19.8. The lowest BCUT2D eigenvalue weighted by Gasteiger charge is -2.15. The lowest BCUT2D eigenvalue weighted by molar-refractivity contribution is -0.132. The van der Waals surface area contributed by atoms with E-state index in [0.717, 1.165) is 12.7 Å². The minimum absolute atomic E-state index is 0.246. The quantitative estimate of drug-likeness (QED) is 0.253. The van der Waals surface area contributed by atoms with Crippen LogP contribution >= 0.6 is 45.2 Å². The summed E-state index contributed by atoms with van der Waals surface area (Å²) in [5, 5.41) is 12.0. The fourth-order valence-corrected chi connectivity index (χ4v) is 4.15. The minimum atomic E-state index is -1.25. The standard InChI is InChI=1S/C24H19I2NO5/c1-31-21-13-15(11-19(26)22(21)32-14-17-9-5-6-10-18(17)25)12-20(24(29)30)27-23(28)16-7-3-2-4-8-16/h2-13H,14H2,1H3,(H,27,28)(H,29,30). The highest BCUT2D eigenvalue weighted by atomic mass is 127. The molecule has 0 aliphatic rings. The maximum absolute atomic E-state index is 12.4. The third-order valence-corrected chi connectivity index (χ3v) is 6.26. The molecule has 0 fully saturated rings. The van der Waals surface area contributed by atoms with Gasteiger partial charge in [-0.25, -0.2) is 4.79 Å². The molecule has 1 amide bonds. The maximum atomic E-state index is 12.4. The van der Waals surface area contributed by atoms with E-state index in [-0.39, 0.29) is 5.70 Å². The second-order valence-electron chi connectivity index (χ2n) is 6.60. The zero-order valence-electron chi connectivity index (χ0n) is 17.0. The monoisotopic (exact) mass is 655 g/mol. The van der Waals surface area contributed by atoms with Crippen LogP contribution in [0.4, 0.5) is 0 Å². The molecule has 164 valence electrons. The molecule has 0 aliphatic heterocycles. The third kappa shape index (κ3) is 6.22. The Morgan fingerprint density at radius 2 is 1.69 bits per heavy atom. The number of ether oxygens (including phenoxy) is 2. The predicted molar refractivity (Wildman–Crippen MR) is 139 cm³/mol. The molecule has 0 radical (unpaired) electrons. The van der Waals surface area contributed by atoms with Crippen molar-refractivity contribution in [3.05, 3.63) is 96.3 Å². The topological polar surface area (TPSA) is 84.9 Å². The third-order valence-electron chi connectivity index (χ3n) is 4.41. The second kappa shape index (κ2) is 11.3. The van der Waals surface area contributed by atoms with Gasteiger partial charge in [0.1, 0.15) is 12.3 Å². The molecular formula is C24H19I2NO5. The van der Waals surface area contributed by atoms with E-state index in [9.17, 15) is 14.7 Å². The summed E-state index contributed by atoms with van der Waals surface area (Å²) < 4.78 is 13.3. The van der Waals surface area contributed by atoms with Crippen LogP contribution in [0, 0.1) is 7.14 Å². The van der Waals surface area contributed by atoms with Crippen LogP contribution in [-0.4, -0.2) is 24.1 Å². The number of halogens is 2. The van der Waals surface area contributed by atoms with Gasteiger partial charge in [0.05, 0.1) is 10.7 Å². The van der Waals surface area contributed by atoms with Crippen LogP contribution in [0.25, 0.3) is 6.08 Å². The number of carbonyl (C=O) groups excluding carboxylic acids is 1. The molecule has 0 atom stereocenters. The van der Waals surface area contributed by atoms with Gasteiger partial charge in [0.2, 0.25) is 0 Å². The van der Waals surface area contributed by atoms with E-state index in [1.807, 2.05) is 24.3 Å². The Bertz CT molecular complexity index is 1160. The molecule has 32 heavy (non-hydrogen) atoms. The molecule has 0 saturated carbocycles. The Balaban J connectivity index is 1.85. The first-order valence-corrected chi connectivity index (χ1v) is 11.6. The van der Waals surface area contributed by atoms with Crippen molar-refractivity contribution in [3.8, 4) is 11.5 Å². The summed E-state index contributed by atoms with van der Waals surface area (Å²) in [6.07, 6.45) is 1.39. The van der Waals surface area contributed by atoms with Crippen molar-refractivity contribution in [3.63, 3.8) is 0 Å². The molecule has 2 N–H and O–H groups in total. The van der Waals surface area contributed by atoms with Crippen LogP contribution in [-0.2, 0) is 11.4 Å². The molecular weight excluding hydrogens is 636 g/mol. The van der Waals surface area contributed by atoms with Crippen LogP contribution in [0.15, 0.2) is 72.4 Å². The van der Waals surface area contributed by atoms with Gasteiger partial charge in [-0.1, -0.05) is 36.4 Å². The smallest absolute Gasteiger partial charge is 0.352 e. The summed E-state index contributed by atoms with van der Waals surface area (Å²) >= 11 is 4.37. The second-order valence-corrected chi connectivity index (χ2v) is 8.92. The number of carboxylic acids is 1. The zero-order valence-corrected chi connectivity index (χ0v) is 21.3. The first-order valence-electron chi connectivity index (χ1n) is 9.44. The molecule has 0 heterocycles. The van der Waals surface area contributed by atoms with Gasteiger partial charge in [-0.15, -0.1) is 0 Å². The van der Waals surface area contributed by atoms with E-state index in [2.05, 4.69) is 50.5 Å². The number of amides is 1. The van der Waals surface area contributed by atoms with E-state index in [1.54, 1.807) is 42.5 Å². The zero-order chi connectivity index (χ0) is 23.1. The van der Waals surface area contributed by atoms with Crippen molar-refractivity contribution in [2.45, 2.75) is 6.61 Å². The Morgan fingerprint density at radius 1 is 1.00 bits per heavy atom. The van der Waals surface area contributed by atoms with Gasteiger partial charge in [0, 0.05) is 14.7 Å². The first-order chi connectivity index (χ1) is 15.4. The highest BCUT2D eigenvalue weighted by Crippen LogP contribution is 2.35. The number of methoxy groups -OCH3 is 1. The van der Waals surface area contributed by atoms with Crippen molar-refractivity contribution in [1.29, 1.82) is 0 Å². The van der Waals surface area contributed by atoms with E-state index < -0.39 is 11.9 Å². The van der Waals surface area contributed by atoms with E-state index in [4.69, 9.17) is 9.47 Å². The van der Waals surface area contributed by atoms with E-state index in [1.165, 1.54) is 13.2 Å². The Kier molecular flexibility index (Phi) is 8.51. The Labute approximate surface area is 212 Å². The van der Waals surface area contributed by atoms with Crippen molar-refractivity contribution in [2.24, 2.45) is 0 Å². The van der Waals surface area contributed by atoms with Gasteiger partial charge < -0.3 is 19.9 Å². The predicted octanol–water partition coefficient (Wildman–Crippen LogP) is 5.34. The lowest BCUT2D eigenvalue weighted by Crippen LogP contribution is -2.27. The molecule has 0 saturated heterocycles. The highest BCUT2D eigenvalue weighted by Gasteiger charge is 2.16. The molecule has 0 unspecified atom stereocenters. The number of nitrogens with one attached hydrogen (secondary N) is 1. The summed E-state index contributed by atoms with van der Waals surface area (Å²) in [4.78, 5) is 24.1. The first kappa shape index (κ1) is 24.1. The van der Waals surface area contributed by atoms with Gasteiger partial charge >= 0.3 is 5.97 Å². The summed E-state index contributed by atoms with van der Waals surface area (Å²) in [7, 11) is 1.52. The molecule has 3 aromatic rings. The molecule has 8 heteroatoms. The number of benzene rings is 3. The minimum Gasteiger partial charge on any atom is -0.493 e. The largest absolute Gasteiger partial charge is 0.493 e. The Morgan fingerprint density at radius 3 is 2.34 bits per heavy atom. The number of rotatable bonds is 8. The van der Waals surface area contributed by atoms with Gasteiger partial charge in [-0.05, 0) is 87.2 Å². The number of aliphatic carboxylic acids is 1. The molecule has 0 bridgehead atoms. The summed E-state index contributed by atoms with van der Waals surface area (Å²) in [5.41, 5.74) is 1.72. The molecule has 0 aromatic heterocycles. The number of hydrogen-bond donors (Lipinski definition) is 2. The average Bonchev–Trinajstić information content (AvgIpc) is 2.79. The average molecular weight is 655 g/mol. The highest BCUT2D eigenvalue weighted by molar-refractivity contribution is 14.1. The van der Waals surface area contributed by atoms with Crippen LogP contribution in [0.5, 0.6) is 11.5 Å². The van der Waals surface area contributed by atoms with Crippen molar-refractivity contribution in [2.75, 3.05) is 7.11 Å². The molecule has 0 aliphatic carbocycles. The van der Waals surface area contributed by atoms with Crippen molar-refractivity contribution < 1.29 is 24.2 Å². The summed E-state index contributed by atoms with van der Waals surface area (Å²) in [5.74, 6) is -0.719. The summed E-state index contributed by atoms with van der Waals surface area (Å²) in [6.45, 7) is 0.369. The molecule has 0 spiro atoms. The number of carboxylic acid groups (broad SMARTS) is 1. The van der Waals surface area contributed by atoms with Crippen LogP contribution in [0.3, 0.4) is 0 Å². The number of carbonyl (C=O) groups is 2. The van der Waals surface area contributed by atoms with Gasteiger partial charge in [0.15, 0.2) is 11.5 Å². The lowest BCUT2D eigenvalue weighted by atomic mass is 10.1. The van der Waals surface area contributed by atoms with Crippen molar-refractivity contribution in [1.82, 2.24) is 5.32 Å². The van der Waals surface area contributed by atoms with Crippen molar-refractivity contribution >= 4 is 63.1 Å². The van der Waals surface area contributed by atoms with Gasteiger partial charge in [0.25, 0.3) is 5.91 Å². The maximum Gasteiger partial charge on any atom is 0.352 e. The van der Waals surface area contributed by atoms with Crippen LogP contribution in [0.2, 0.25) is 0 Å². The fourth-order valence-electron chi connectivity index (χ4n) is 2.83. The number of hydrogen-bond acceptors (Lipinski definition) is 4. The molecule has 3 rings (SSSR count). The van der Waals surface area contributed by atoms with Gasteiger partial charge in [-0.3, -0.25) is 4.79 Å². The normalized spacial score (nSPS) is 11.0. The van der Waals surface area contributed by atoms with E-state index in [0.29, 0.717) is 29.2 Å². The van der Waals surface area contributed by atoms with E-state index >= 15 is 0 Å². The van der Waals surface area contributed by atoms with Gasteiger partial charge in [-0.2, -0.15) is 0 Å². The van der Waals surface area contributed by atoms with Crippen LogP contribution < -0.4 is 14.8 Å². The van der Waals surface area contributed by atoms with Crippen LogP contribution in [0.1, 0.15) is 21.5 Å². The molecule has 6 nitrogen and oxygen atoms in total.